The van der Waals surface area contributed by atoms with Gasteiger partial charge in [0.2, 0.25) is 11.8 Å². The summed E-state index contributed by atoms with van der Waals surface area (Å²) in [5.41, 5.74) is 0. The van der Waals surface area contributed by atoms with Gasteiger partial charge < -0.3 is 9.80 Å². The van der Waals surface area contributed by atoms with Gasteiger partial charge in [0.25, 0.3) is 0 Å². The lowest BCUT2D eigenvalue weighted by molar-refractivity contribution is -0.130. The number of carbonyl (C=O) groups is 2. The van der Waals surface area contributed by atoms with Crippen molar-refractivity contribution in [3.8, 4) is 0 Å². The number of hydrogen-bond donors (Lipinski definition) is 1. The Hall–Kier alpha value is -1.10. The zero-order valence-corrected chi connectivity index (χ0v) is 10.9. The van der Waals surface area contributed by atoms with Crippen molar-refractivity contribution in [2.24, 2.45) is 0 Å². The van der Waals surface area contributed by atoms with Crippen LogP contribution >= 0.6 is 0 Å². The summed E-state index contributed by atoms with van der Waals surface area (Å²) in [5.74, 6) is 0.104. The monoisotopic (exact) mass is 241 g/mol. The molecule has 0 spiro atoms. The molecule has 1 aliphatic rings. The van der Waals surface area contributed by atoms with Crippen molar-refractivity contribution in [3.05, 3.63) is 0 Å². The summed E-state index contributed by atoms with van der Waals surface area (Å²) in [6, 6.07) is 0. The Balaban J connectivity index is 2.21. The Morgan fingerprint density at radius 1 is 1.06 bits per heavy atom. The van der Waals surface area contributed by atoms with Gasteiger partial charge in [-0.2, -0.15) is 0 Å². The average molecular weight is 241 g/mol. The fourth-order valence-electron chi connectivity index (χ4n) is 1.87. The fraction of sp³-hybridized carbons (Fsp3) is 0.833. The number of likely N-dealkylation sites (N-methyl/N-ethyl adjacent to an activating group) is 1. The molecule has 1 aliphatic heterocycles. The third kappa shape index (κ3) is 5.17. The number of nitrogens with one attached hydrogen (secondary N) is 1. The Morgan fingerprint density at radius 3 is 2.18 bits per heavy atom. The van der Waals surface area contributed by atoms with E-state index in [1.165, 1.54) is 17.7 Å². The van der Waals surface area contributed by atoms with Crippen LogP contribution in [0.5, 0.6) is 0 Å². The molecule has 0 aromatic rings. The van der Waals surface area contributed by atoms with Gasteiger partial charge in [0, 0.05) is 27.2 Å². The molecule has 1 fully saturated rings. The van der Waals surface area contributed by atoms with Crippen LogP contribution in [0.4, 0.5) is 0 Å². The average Bonchev–Trinajstić information content (AvgIpc) is 2.57. The van der Waals surface area contributed by atoms with Crippen LogP contribution in [0.15, 0.2) is 0 Å². The van der Waals surface area contributed by atoms with Crippen LogP contribution in [0, 0.1) is 0 Å². The minimum absolute atomic E-state index is 0.00586. The van der Waals surface area contributed by atoms with Crippen molar-refractivity contribution in [3.63, 3.8) is 0 Å². The first kappa shape index (κ1) is 14.0. The highest BCUT2D eigenvalue weighted by Crippen LogP contribution is 2.09. The molecule has 0 aromatic carbocycles. The van der Waals surface area contributed by atoms with E-state index in [1.807, 2.05) is 4.90 Å². The molecule has 0 unspecified atom stereocenters. The Kier molecular flexibility index (Phi) is 5.97. The van der Waals surface area contributed by atoms with E-state index in [9.17, 15) is 9.59 Å². The highest BCUT2D eigenvalue weighted by Gasteiger charge is 2.15. The van der Waals surface area contributed by atoms with Crippen molar-refractivity contribution in [1.29, 1.82) is 0 Å². The van der Waals surface area contributed by atoms with E-state index in [4.69, 9.17) is 0 Å². The van der Waals surface area contributed by atoms with Gasteiger partial charge in [0.1, 0.15) is 0 Å². The van der Waals surface area contributed by atoms with Crippen molar-refractivity contribution in [2.45, 2.75) is 25.7 Å². The zero-order chi connectivity index (χ0) is 12.7. The van der Waals surface area contributed by atoms with Crippen LogP contribution in [0.1, 0.15) is 25.7 Å². The van der Waals surface area contributed by atoms with Gasteiger partial charge >= 0.3 is 0 Å². The van der Waals surface area contributed by atoms with E-state index < -0.39 is 0 Å². The summed E-state index contributed by atoms with van der Waals surface area (Å²) in [5, 5.41) is 2.90. The third-order valence-electron chi connectivity index (χ3n) is 3.01. The first-order valence-corrected chi connectivity index (χ1v) is 6.30. The highest BCUT2D eigenvalue weighted by atomic mass is 16.2. The maximum absolute atomic E-state index is 11.8. The predicted octanol–water partition coefficient (Wildman–Crippen LogP) is 0.0668. The van der Waals surface area contributed by atoms with Gasteiger partial charge in [0.05, 0.1) is 13.1 Å². The molecule has 0 radical (unpaired) electrons. The molecule has 5 nitrogen and oxygen atoms in total. The van der Waals surface area contributed by atoms with Gasteiger partial charge in [-0.1, -0.05) is 12.8 Å². The first-order valence-electron chi connectivity index (χ1n) is 6.30. The summed E-state index contributed by atoms with van der Waals surface area (Å²) < 4.78 is 0. The lowest BCUT2D eigenvalue weighted by atomic mass is 10.2. The zero-order valence-electron chi connectivity index (χ0n) is 10.9. The molecule has 2 amide bonds. The van der Waals surface area contributed by atoms with Crippen molar-refractivity contribution in [1.82, 2.24) is 15.1 Å². The molecule has 0 aliphatic carbocycles. The van der Waals surface area contributed by atoms with Gasteiger partial charge in [-0.25, -0.2) is 0 Å². The molecule has 0 saturated carbocycles. The lowest BCUT2D eigenvalue weighted by Crippen LogP contribution is -2.41. The van der Waals surface area contributed by atoms with E-state index in [0.29, 0.717) is 0 Å². The number of carbonyl (C=O) groups excluding carboxylic acids is 2. The van der Waals surface area contributed by atoms with E-state index in [2.05, 4.69) is 5.32 Å². The molecule has 1 rings (SSSR count). The molecule has 0 atom stereocenters. The van der Waals surface area contributed by atoms with Gasteiger partial charge in [-0.15, -0.1) is 0 Å². The second-order valence-electron chi connectivity index (χ2n) is 4.69. The number of amides is 2. The second kappa shape index (κ2) is 7.27. The Labute approximate surface area is 103 Å². The lowest BCUT2D eigenvalue weighted by Gasteiger charge is -2.20. The maximum Gasteiger partial charge on any atom is 0.236 e. The van der Waals surface area contributed by atoms with Crippen LogP contribution < -0.4 is 5.32 Å². The van der Waals surface area contributed by atoms with Crippen LogP contribution in [-0.2, 0) is 9.59 Å². The molecule has 5 heteroatoms. The SMILES string of the molecule is CN(C)C(=O)CNCC(=O)N1CCCCCC1. The van der Waals surface area contributed by atoms with Gasteiger partial charge in [-0.05, 0) is 12.8 Å². The molecule has 1 saturated heterocycles. The normalized spacial score (nSPS) is 16.5. The summed E-state index contributed by atoms with van der Waals surface area (Å²) in [6.07, 6.45) is 4.64. The Bertz CT molecular complexity index is 258. The number of hydrogen-bond acceptors (Lipinski definition) is 3. The predicted molar refractivity (Wildman–Crippen MR) is 66.6 cm³/mol. The Morgan fingerprint density at radius 2 is 1.65 bits per heavy atom. The molecular weight excluding hydrogens is 218 g/mol. The molecule has 1 N–H and O–H groups in total. The minimum atomic E-state index is -0.00586. The smallest absolute Gasteiger partial charge is 0.236 e. The largest absolute Gasteiger partial charge is 0.348 e. The summed E-state index contributed by atoms with van der Waals surface area (Å²) >= 11 is 0. The van der Waals surface area contributed by atoms with Gasteiger partial charge in [-0.3, -0.25) is 14.9 Å². The van der Waals surface area contributed by atoms with E-state index >= 15 is 0 Å². The molecule has 17 heavy (non-hydrogen) atoms. The minimum Gasteiger partial charge on any atom is -0.348 e. The highest BCUT2D eigenvalue weighted by molar-refractivity contribution is 5.81. The summed E-state index contributed by atoms with van der Waals surface area (Å²) in [6.45, 7) is 2.22. The molecule has 0 aromatic heterocycles. The van der Waals surface area contributed by atoms with Gasteiger partial charge in [0.15, 0.2) is 0 Å². The molecule has 98 valence electrons. The number of likely N-dealkylation sites (tertiary alicyclic amines) is 1. The molecular formula is C12H23N3O2. The molecule has 1 heterocycles. The quantitative estimate of drug-likeness (QED) is 0.757. The second-order valence-corrected chi connectivity index (χ2v) is 4.69. The standard InChI is InChI=1S/C12H23N3O2/c1-14(2)11(16)9-13-10-12(17)15-7-5-3-4-6-8-15/h13H,3-10H2,1-2H3. The van der Waals surface area contributed by atoms with Crippen molar-refractivity contribution < 1.29 is 9.59 Å². The van der Waals surface area contributed by atoms with E-state index in [0.717, 1.165) is 25.9 Å². The fourth-order valence-corrected chi connectivity index (χ4v) is 1.87. The topological polar surface area (TPSA) is 52.7 Å². The van der Waals surface area contributed by atoms with Crippen molar-refractivity contribution >= 4 is 11.8 Å². The molecule has 0 bridgehead atoms. The maximum atomic E-state index is 11.8. The first-order chi connectivity index (χ1) is 8.11. The van der Waals surface area contributed by atoms with E-state index in [1.54, 1.807) is 14.1 Å². The van der Waals surface area contributed by atoms with Crippen molar-refractivity contribution in [2.75, 3.05) is 40.3 Å². The van der Waals surface area contributed by atoms with Crippen LogP contribution in [0.25, 0.3) is 0 Å². The van der Waals surface area contributed by atoms with Crippen LogP contribution in [0.3, 0.4) is 0 Å². The number of rotatable bonds is 4. The third-order valence-corrected chi connectivity index (χ3v) is 3.01. The summed E-state index contributed by atoms with van der Waals surface area (Å²) in [7, 11) is 3.42. The van der Waals surface area contributed by atoms with Crippen LogP contribution in [-0.4, -0.2) is 61.9 Å². The van der Waals surface area contributed by atoms with E-state index in [-0.39, 0.29) is 24.9 Å². The number of nitrogens with zero attached hydrogens (tertiary/aromatic N) is 2. The van der Waals surface area contributed by atoms with Crippen LogP contribution in [0.2, 0.25) is 0 Å². The summed E-state index contributed by atoms with van der Waals surface area (Å²) in [4.78, 5) is 26.6.